The van der Waals surface area contributed by atoms with Crippen LogP contribution in [0.25, 0.3) is 0 Å². The van der Waals surface area contributed by atoms with Crippen LogP contribution in [0.5, 0.6) is 0 Å². The Morgan fingerprint density at radius 1 is 1.41 bits per heavy atom. The first-order valence-electron chi connectivity index (χ1n) is 6.76. The van der Waals surface area contributed by atoms with Gasteiger partial charge in [-0.25, -0.2) is 4.98 Å². The minimum Gasteiger partial charge on any atom is -0.396 e. The zero-order valence-corrected chi connectivity index (χ0v) is 10.7. The van der Waals surface area contributed by atoms with Crippen LogP contribution in [0.4, 0.5) is 11.5 Å². The van der Waals surface area contributed by atoms with E-state index in [-0.39, 0.29) is 0 Å². The predicted molar refractivity (Wildman–Crippen MR) is 73.1 cm³/mol. The lowest BCUT2D eigenvalue weighted by Gasteiger charge is -2.22. The lowest BCUT2D eigenvalue weighted by Crippen LogP contribution is -2.26. The summed E-state index contributed by atoms with van der Waals surface area (Å²) >= 11 is 0. The highest BCUT2D eigenvalue weighted by atomic mass is 15.2. The van der Waals surface area contributed by atoms with Gasteiger partial charge in [-0.2, -0.15) is 0 Å². The summed E-state index contributed by atoms with van der Waals surface area (Å²) in [5.74, 6) is 1.87. The minimum absolute atomic E-state index is 0.807. The third-order valence-corrected chi connectivity index (χ3v) is 3.66. The lowest BCUT2D eigenvalue weighted by atomic mass is 9.96. The number of nitrogens with zero attached hydrogens (tertiary/aromatic N) is 2. The van der Waals surface area contributed by atoms with E-state index in [4.69, 9.17) is 5.73 Å². The standard InChI is InChI=1S/C14H23N3/c1-2-5-12-6-4-10-17(11-8-12)14-13(15)7-3-9-16-14/h3,7,9,12H,2,4-6,8,10-11,15H2,1H3. The summed E-state index contributed by atoms with van der Waals surface area (Å²) in [5.41, 5.74) is 6.80. The quantitative estimate of drug-likeness (QED) is 0.872. The molecule has 0 saturated carbocycles. The number of rotatable bonds is 3. The first-order valence-corrected chi connectivity index (χ1v) is 6.76. The van der Waals surface area contributed by atoms with Crippen molar-refractivity contribution < 1.29 is 0 Å². The molecule has 2 heterocycles. The molecule has 94 valence electrons. The number of pyridine rings is 1. The van der Waals surface area contributed by atoms with E-state index in [0.29, 0.717) is 0 Å². The number of aromatic nitrogens is 1. The first kappa shape index (κ1) is 12.2. The van der Waals surface area contributed by atoms with Crippen LogP contribution in [0.1, 0.15) is 39.0 Å². The van der Waals surface area contributed by atoms with Crippen LogP contribution in [-0.4, -0.2) is 18.1 Å². The Hall–Kier alpha value is -1.25. The third kappa shape index (κ3) is 3.11. The van der Waals surface area contributed by atoms with Crippen molar-refractivity contribution in [3.05, 3.63) is 18.3 Å². The molecule has 1 aliphatic heterocycles. The monoisotopic (exact) mass is 233 g/mol. The van der Waals surface area contributed by atoms with Gasteiger partial charge < -0.3 is 10.6 Å². The van der Waals surface area contributed by atoms with Crippen LogP contribution in [-0.2, 0) is 0 Å². The zero-order valence-electron chi connectivity index (χ0n) is 10.7. The molecule has 0 bridgehead atoms. The Bertz CT molecular complexity index is 351. The second-order valence-electron chi connectivity index (χ2n) is 4.99. The molecule has 0 aromatic carbocycles. The number of nitrogen functional groups attached to an aromatic ring is 1. The maximum absolute atomic E-state index is 5.99. The topological polar surface area (TPSA) is 42.2 Å². The molecule has 0 amide bonds. The Labute approximate surface area is 104 Å². The molecular formula is C14H23N3. The minimum atomic E-state index is 0.807. The van der Waals surface area contributed by atoms with Gasteiger partial charge in [-0.05, 0) is 37.3 Å². The molecule has 1 aromatic heterocycles. The molecule has 1 aliphatic rings. The molecule has 3 nitrogen and oxygen atoms in total. The Kier molecular flexibility index (Phi) is 4.24. The summed E-state index contributed by atoms with van der Waals surface area (Å²) in [6, 6.07) is 3.84. The van der Waals surface area contributed by atoms with Crippen molar-refractivity contribution >= 4 is 11.5 Å². The highest BCUT2D eigenvalue weighted by molar-refractivity contribution is 5.62. The first-order chi connectivity index (χ1) is 8.31. The van der Waals surface area contributed by atoms with Gasteiger partial charge in [-0.1, -0.05) is 19.8 Å². The lowest BCUT2D eigenvalue weighted by molar-refractivity contribution is 0.435. The van der Waals surface area contributed by atoms with E-state index < -0.39 is 0 Å². The van der Waals surface area contributed by atoms with E-state index in [1.807, 2.05) is 18.3 Å². The van der Waals surface area contributed by atoms with Gasteiger partial charge in [0.1, 0.15) is 0 Å². The molecule has 1 fully saturated rings. The van der Waals surface area contributed by atoms with Crippen molar-refractivity contribution in [3.63, 3.8) is 0 Å². The van der Waals surface area contributed by atoms with Gasteiger partial charge in [0.15, 0.2) is 5.82 Å². The van der Waals surface area contributed by atoms with Crippen LogP contribution in [0, 0.1) is 5.92 Å². The molecule has 3 heteroatoms. The van der Waals surface area contributed by atoms with Gasteiger partial charge in [-0.15, -0.1) is 0 Å². The van der Waals surface area contributed by atoms with Crippen molar-refractivity contribution in [3.8, 4) is 0 Å². The molecule has 1 saturated heterocycles. The fraction of sp³-hybridized carbons (Fsp3) is 0.643. The maximum atomic E-state index is 5.99. The second kappa shape index (κ2) is 5.89. The van der Waals surface area contributed by atoms with Crippen LogP contribution >= 0.6 is 0 Å². The number of nitrogens with two attached hydrogens (primary N) is 1. The average Bonchev–Trinajstić information content (AvgIpc) is 2.56. The summed E-state index contributed by atoms with van der Waals surface area (Å²) in [7, 11) is 0. The molecule has 1 unspecified atom stereocenters. The molecule has 0 radical (unpaired) electrons. The highest BCUT2D eigenvalue weighted by Crippen LogP contribution is 2.26. The Morgan fingerprint density at radius 2 is 2.29 bits per heavy atom. The summed E-state index contributed by atoms with van der Waals surface area (Å²) < 4.78 is 0. The van der Waals surface area contributed by atoms with E-state index in [9.17, 15) is 0 Å². The molecule has 0 aliphatic carbocycles. The summed E-state index contributed by atoms with van der Waals surface area (Å²) in [6.45, 7) is 4.48. The number of anilines is 2. The Balaban J connectivity index is 2.01. The highest BCUT2D eigenvalue weighted by Gasteiger charge is 2.18. The van der Waals surface area contributed by atoms with Crippen LogP contribution in [0.15, 0.2) is 18.3 Å². The normalized spacial score (nSPS) is 21.2. The SMILES string of the molecule is CCCC1CCCN(c2ncccc2N)CC1. The molecule has 1 atom stereocenters. The van der Waals surface area contributed by atoms with Gasteiger partial charge in [-0.3, -0.25) is 0 Å². The average molecular weight is 233 g/mol. The van der Waals surface area contributed by atoms with E-state index >= 15 is 0 Å². The van der Waals surface area contributed by atoms with Gasteiger partial charge in [0.2, 0.25) is 0 Å². The number of hydrogen-bond donors (Lipinski definition) is 1. The van der Waals surface area contributed by atoms with Crippen molar-refractivity contribution in [1.82, 2.24) is 4.98 Å². The molecule has 0 spiro atoms. The van der Waals surface area contributed by atoms with E-state index in [2.05, 4.69) is 16.8 Å². The third-order valence-electron chi connectivity index (χ3n) is 3.66. The fourth-order valence-electron chi connectivity index (χ4n) is 2.75. The van der Waals surface area contributed by atoms with Crippen molar-refractivity contribution in [2.45, 2.75) is 39.0 Å². The van der Waals surface area contributed by atoms with Gasteiger partial charge >= 0.3 is 0 Å². The molecule has 1 aromatic rings. The predicted octanol–water partition coefficient (Wildman–Crippen LogP) is 3.07. The van der Waals surface area contributed by atoms with Gasteiger partial charge in [0.25, 0.3) is 0 Å². The largest absolute Gasteiger partial charge is 0.396 e. The molecule has 17 heavy (non-hydrogen) atoms. The summed E-state index contributed by atoms with van der Waals surface area (Å²) in [6.07, 6.45) is 8.41. The van der Waals surface area contributed by atoms with Crippen molar-refractivity contribution in [1.29, 1.82) is 0 Å². The van der Waals surface area contributed by atoms with Crippen LogP contribution in [0.3, 0.4) is 0 Å². The van der Waals surface area contributed by atoms with Crippen LogP contribution in [0.2, 0.25) is 0 Å². The number of hydrogen-bond acceptors (Lipinski definition) is 3. The van der Waals surface area contributed by atoms with E-state index in [1.54, 1.807) is 0 Å². The maximum Gasteiger partial charge on any atom is 0.151 e. The smallest absolute Gasteiger partial charge is 0.151 e. The molecular weight excluding hydrogens is 210 g/mol. The summed E-state index contributed by atoms with van der Waals surface area (Å²) in [4.78, 5) is 6.77. The van der Waals surface area contributed by atoms with E-state index in [1.165, 1.54) is 32.1 Å². The fourth-order valence-corrected chi connectivity index (χ4v) is 2.75. The van der Waals surface area contributed by atoms with Crippen molar-refractivity contribution in [2.75, 3.05) is 23.7 Å². The van der Waals surface area contributed by atoms with Crippen LogP contribution < -0.4 is 10.6 Å². The zero-order chi connectivity index (χ0) is 12.1. The Morgan fingerprint density at radius 3 is 3.06 bits per heavy atom. The summed E-state index contributed by atoms with van der Waals surface area (Å²) in [5, 5.41) is 0. The molecule has 2 N–H and O–H groups in total. The second-order valence-corrected chi connectivity index (χ2v) is 4.99. The van der Waals surface area contributed by atoms with E-state index in [0.717, 1.165) is 30.5 Å². The van der Waals surface area contributed by atoms with Gasteiger partial charge in [0, 0.05) is 19.3 Å². The van der Waals surface area contributed by atoms with Crippen molar-refractivity contribution in [2.24, 2.45) is 5.92 Å². The van der Waals surface area contributed by atoms with Gasteiger partial charge in [0.05, 0.1) is 5.69 Å². The molecule has 2 rings (SSSR count).